The Kier molecular flexibility index (Phi) is 6.12. The lowest BCUT2D eigenvalue weighted by atomic mass is 9.80. The summed E-state index contributed by atoms with van der Waals surface area (Å²) in [5.74, 6) is 0.260. The first-order valence-corrected chi connectivity index (χ1v) is 9.08. The van der Waals surface area contributed by atoms with E-state index >= 15 is 0 Å². The topological polar surface area (TPSA) is 35.5 Å². The standard InChI is InChI=1S/C16H24Br2N2O/c1-20(2)16(6-4-3-5-7-16)11-19-10-12-8-13(17)15(21)14(18)9-12/h8-9,19,21H,3-7,10-11H2,1-2H3. The van der Waals surface area contributed by atoms with Gasteiger partial charge in [-0.2, -0.15) is 0 Å². The van der Waals surface area contributed by atoms with Crippen LogP contribution >= 0.6 is 31.9 Å². The van der Waals surface area contributed by atoms with Crippen molar-refractivity contribution in [3.63, 3.8) is 0 Å². The molecule has 1 fully saturated rings. The molecule has 5 heteroatoms. The minimum atomic E-state index is 0.260. The minimum absolute atomic E-state index is 0.260. The van der Waals surface area contributed by atoms with Gasteiger partial charge < -0.3 is 15.3 Å². The number of phenols is 1. The van der Waals surface area contributed by atoms with Crippen LogP contribution < -0.4 is 5.32 Å². The first-order chi connectivity index (χ1) is 9.94. The molecule has 3 nitrogen and oxygen atoms in total. The van der Waals surface area contributed by atoms with Crippen molar-refractivity contribution in [2.24, 2.45) is 0 Å². The zero-order valence-electron chi connectivity index (χ0n) is 12.8. The van der Waals surface area contributed by atoms with Crippen LogP contribution in [0.4, 0.5) is 0 Å². The maximum atomic E-state index is 9.75. The summed E-state index contributed by atoms with van der Waals surface area (Å²) < 4.78 is 1.46. The van der Waals surface area contributed by atoms with Gasteiger partial charge in [-0.3, -0.25) is 0 Å². The number of phenolic OH excluding ortho intramolecular Hbond substituents is 1. The highest BCUT2D eigenvalue weighted by Crippen LogP contribution is 2.34. The molecular weight excluding hydrogens is 396 g/mol. The molecule has 1 aromatic carbocycles. The van der Waals surface area contributed by atoms with E-state index in [9.17, 15) is 5.11 Å². The third kappa shape index (κ3) is 4.21. The van der Waals surface area contributed by atoms with Crippen molar-refractivity contribution in [1.29, 1.82) is 0 Å². The minimum Gasteiger partial charge on any atom is -0.506 e. The van der Waals surface area contributed by atoms with Gasteiger partial charge in [0.15, 0.2) is 0 Å². The molecule has 0 radical (unpaired) electrons. The molecule has 0 bridgehead atoms. The molecule has 1 aliphatic carbocycles. The van der Waals surface area contributed by atoms with E-state index in [2.05, 4.69) is 56.2 Å². The number of nitrogens with zero attached hydrogens (tertiary/aromatic N) is 1. The Labute approximate surface area is 144 Å². The van der Waals surface area contributed by atoms with Gasteiger partial charge in [0.2, 0.25) is 0 Å². The maximum absolute atomic E-state index is 9.75. The number of benzene rings is 1. The van der Waals surface area contributed by atoms with Crippen LogP contribution in [0.15, 0.2) is 21.1 Å². The number of likely N-dealkylation sites (N-methyl/N-ethyl adjacent to an activating group) is 1. The van der Waals surface area contributed by atoms with Crippen molar-refractivity contribution < 1.29 is 5.11 Å². The fraction of sp³-hybridized carbons (Fsp3) is 0.625. The van der Waals surface area contributed by atoms with Crippen LogP contribution in [0.1, 0.15) is 37.7 Å². The summed E-state index contributed by atoms with van der Waals surface area (Å²) in [4.78, 5) is 2.39. The summed E-state index contributed by atoms with van der Waals surface area (Å²) in [6.45, 7) is 1.82. The predicted molar refractivity (Wildman–Crippen MR) is 94.7 cm³/mol. The van der Waals surface area contributed by atoms with Gasteiger partial charge in [0.1, 0.15) is 5.75 Å². The zero-order chi connectivity index (χ0) is 15.5. The van der Waals surface area contributed by atoms with E-state index in [0.717, 1.165) is 27.6 Å². The number of hydrogen-bond acceptors (Lipinski definition) is 3. The first-order valence-electron chi connectivity index (χ1n) is 7.50. The Morgan fingerprint density at radius 1 is 1.14 bits per heavy atom. The molecule has 1 aromatic rings. The average molecular weight is 420 g/mol. The molecule has 1 saturated carbocycles. The number of halogens is 2. The molecule has 2 rings (SSSR count). The second-order valence-electron chi connectivity index (χ2n) is 6.19. The van der Waals surface area contributed by atoms with Gasteiger partial charge in [0, 0.05) is 18.6 Å². The lowest BCUT2D eigenvalue weighted by molar-refractivity contribution is 0.0984. The molecule has 0 amide bonds. The molecule has 0 aliphatic heterocycles. The summed E-state index contributed by atoms with van der Waals surface area (Å²) in [5, 5.41) is 13.4. The molecule has 21 heavy (non-hydrogen) atoms. The summed E-state index contributed by atoms with van der Waals surface area (Å²) in [6.07, 6.45) is 6.58. The Morgan fingerprint density at radius 3 is 2.24 bits per heavy atom. The van der Waals surface area contributed by atoms with Crippen molar-refractivity contribution in [3.05, 3.63) is 26.6 Å². The lowest BCUT2D eigenvalue weighted by Gasteiger charge is -2.43. The summed E-state index contributed by atoms with van der Waals surface area (Å²) in [7, 11) is 4.39. The number of aromatic hydroxyl groups is 1. The van der Waals surface area contributed by atoms with E-state index < -0.39 is 0 Å². The summed E-state index contributed by atoms with van der Waals surface area (Å²) in [6, 6.07) is 3.94. The van der Waals surface area contributed by atoms with Crippen LogP contribution in [-0.4, -0.2) is 36.2 Å². The average Bonchev–Trinajstić information content (AvgIpc) is 2.45. The van der Waals surface area contributed by atoms with Gasteiger partial charge in [-0.25, -0.2) is 0 Å². The molecule has 2 N–H and O–H groups in total. The SMILES string of the molecule is CN(C)C1(CNCc2cc(Br)c(O)c(Br)c2)CCCCC1. The van der Waals surface area contributed by atoms with Crippen LogP contribution in [0.5, 0.6) is 5.75 Å². The Hall–Kier alpha value is -0.100. The number of rotatable bonds is 5. The van der Waals surface area contributed by atoms with E-state index in [1.807, 2.05) is 12.1 Å². The van der Waals surface area contributed by atoms with E-state index in [1.54, 1.807) is 0 Å². The van der Waals surface area contributed by atoms with Gasteiger partial charge in [0.25, 0.3) is 0 Å². The fourth-order valence-electron chi connectivity index (χ4n) is 3.15. The van der Waals surface area contributed by atoms with E-state index in [0.29, 0.717) is 5.54 Å². The van der Waals surface area contributed by atoms with Crippen molar-refractivity contribution in [3.8, 4) is 5.75 Å². The predicted octanol–water partition coefficient (Wildman–Crippen LogP) is 4.27. The highest BCUT2D eigenvalue weighted by Gasteiger charge is 2.33. The highest BCUT2D eigenvalue weighted by molar-refractivity contribution is 9.11. The smallest absolute Gasteiger partial charge is 0.143 e. The van der Waals surface area contributed by atoms with Crippen molar-refractivity contribution in [1.82, 2.24) is 10.2 Å². The lowest BCUT2D eigenvalue weighted by Crippen LogP contribution is -2.52. The monoisotopic (exact) mass is 418 g/mol. The Morgan fingerprint density at radius 2 is 1.71 bits per heavy atom. The fourth-order valence-corrected chi connectivity index (χ4v) is 4.43. The molecule has 0 unspecified atom stereocenters. The largest absolute Gasteiger partial charge is 0.506 e. The third-order valence-electron chi connectivity index (χ3n) is 4.59. The normalized spacial score (nSPS) is 18.1. The molecule has 0 aromatic heterocycles. The number of nitrogens with one attached hydrogen (secondary N) is 1. The molecule has 0 heterocycles. The molecule has 0 spiro atoms. The highest BCUT2D eigenvalue weighted by atomic mass is 79.9. The van der Waals surface area contributed by atoms with Crippen LogP contribution in [0.25, 0.3) is 0 Å². The van der Waals surface area contributed by atoms with Crippen LogP contribution in [0, 0.1) is 0 Å². The van der Waals surface area contributed by atoms with Crippen LogP contribution in [-0.2, 0) is 6.54 Å². The van der Waals surface area contributed by atoms with E-state index in [-0.39, 0.29) is 5.75 Å². The van der Waals surface area contributed by atoms with Crippen LogP contribution in [0.3, 0.4) is 0 Å². The van der Waals surface area contributed by atoms with Gasteiger partial charge >= 0.3 is 0 Å². The molecule has 0 atom stereocenters. The van der Waals surface area contributed by atoms with Gasteiger partial charge in [-0.1, -0.05) is 19.3 Å². The molecule has 118 valence electrons. The van der Waals surface area contributed by atoms with Crippen molar-refractivity contribution >= 4 is 31.9 Å². The van der Waals surface area contributed by atoms with Crippen LogP contribution in [0.2, 0.25) is 0 Å². The first kappa shape index (κ1) is 17.3. The second-order valence-corrected chi connectivity index (χ2v) is 7.90. The van der Waals surface area contributed by atoms with E-state index in [1.165, 1.54) is 32.1 Å². The summed E-state index contributed by atoms with van der Waals surface area (Å²) >= 11 is 6.77. The van der Waals surface area contributed by atoms with E-state index in [4.69, 9.17) is 0 Å². The molecule has 1 aliphatic rings. The second kappa shape index (κ2) is 7.44. The molecular formula is C16H24Br2N2O. The zero-order valence-corrected chi connectivity index (χ0v) is 15.9. The maximum Gasteiger partial charge on any atom is 0.143 e. The van der Waals surface area contributed by atoms with Gasteiger partial charge in [-0.05, 0) is 76.5 Å². The van der Waals surface area contributed by atoms with Crippen molar-refractivity contribution in [2.45, 2.75) is 44.2 Å². The summed E-state index contributed by atoms with van der Waals surface area (Å²) in [5.41, 5.74) is 1.46. The van der Waals surface area contributed by atoms with Gasteiger partial charge in [-0.15, -0.1) is 0 Å². The van der Waals surface area contributed by atoms with Gasteiger partial charge in [0.05, 0.1) is 8.95 Å². The number of hydrogen-bond donors (Lipinski definition) is 2. The quantitative estimate of drug-likeness (QED) is 0.747. The Balaban J connectivity index is 1.96. The molecule has 0 saturated heterocycles. The van der Waals surface area contributed by atoms with Crippen molar-refractivity contribution in [2.75, 3.05) is 20.6 Å². The Bertz CT molecular complexity index is 462. The third-order valence-corrected chi connectivity index (χ3v) is 5.80.